The van der Waals surface area contributed by atoms with Crippen LogP contribution in [0.15, 0.2) is 41.8 Å². The monoisotopic (exact) mass is 327 g/mol. The van der Waals surface area contributed by atoms with E-state index < -0.39 is 0 Å². The summed E-state index contributed by atoms with van der Waals surface area (Å²) < 4.78 is 5.17. The van der Waals surface area contributed by atoms with E-state index in [4.69, 9.17) is 4.74 Å². The second-order valence-corrected chi connectivity index (χ2v) is 5.89. The number of methoxy groups -OCH3 is 1. The molecule has 2 N–H and O–H groups in total. The number of rotatable bonds is 5. The maximum Gasteiger partial charge on any atom is 0.255 e. The van der Waals surface area contributed by atoms with Crippen LogP contribution in [0, 0.1) is 0 Å². The summed E-state index contributed by atoms with van der Waals surface area (Å²) in [5.74, 6) is 0.469. The summed E-state index contributed by atoms with van der Waals surface area (Å²) in [5, 5.41) is 12.3. The molecule has 118 valence electrons. The van der Waals surface area contributed by atoms with Crippen molar-refractivity contribution in [1.29, 1.82) is 0 Å². The molecule has 0 saturated heterocycles. The fourth-order valence-corrected chi connectivity index (χ4v) is 3.03. The Morgan fingerprint density at radius 1 is 1.35 bits per heavy atom. The lowest BCUT2D eigenvalue weighted by Gasteiger charge is -2.08. The Balaban J connectivity index is 1.92. The largest absolute Gasteiger partial charge is 0.497 e. The number of carbonyl (C=O) groups excluding carboxylic acids is 1. The van der Waals surface area contributed by atoms with Crippen LogP contribution < -0.4 is 10.1 Å². The van der Waals surface area contributed by atoms with Crippen LogP contribution in [0.5, 0.6) is 5.75 Å². The first kappa shape index (κ1) is 15.3. The van der Waals surface area contributed by atoms with E-state index in [1.54, 1.807) is 36.6 Å². The van der Waals surface area contributed by atoms with Crippen molar-refractivity contribution in [2.45, 2.75) is 13.3 Å². The number of amides is 1. The van der Waals surface area contributed by atoms with E-state index in [2.05, 4.69) is 15.5 Å². The van der Waals surface area contributed by atoms with Crippen molar-refractivity contribution < 1.29 is 9.53 Å². The summed E-state index contributed by atoms with van der Waals surface area (Å²) in [6.45, 7) is 2.02. The van der Waals surface area contributed by atoms with E-state index in [1.807, 2.05) is 30.5 Å². The zero-order valence-corrected chi connectivity index (χ0v) is 13.7. The van der Waals surface area contributed by atoms with Gasteiger partial charge in [0.2, 0.25) is 0 Å². The first-order valence-corrected chi connectivity index (χ1v) is 8.17. The Labute approximate surface area is 138 Å². The van der Waals surface area contributed by atoms with Gasteiger partial charge in [-0.2, -0.15) is 5.10 Å². The van der Waals surface area contributed by atoms with Gasteiger partial charge in [0, 0.05) is 5.56 Å². The van der Waals surface area contributed by atoms with Gasteiger partial charge in [0.1, 0.15) is 11.4 Å². The molecule has 2 heterocycles. The van der Waals surface area contributed by atoms with Gasteiger partial charge in [0.05, 0.1) is 23.4 Å². The molecule has 1 amide bonds. The molecule has 0 atom stereocenters. The van der Waals surface area contributed by atoms with Crippen molar-refractivity contribution in [3.05, 3.63) is 53.0 Å². The number of hydrogen-bond acceptors (Lipinski definition) is 4. The second kappa shape index (κ2) is 6.66. The first-order valence-electron chi connectivity index (χ1n) is 7.29. The number of ether oxygens (including phenoxy) is 1. The standard InChI is InChI=1S/C17H17N3O2S/c1-3-13-15(16(20-19-13)14-8-5-9-23-14)18-17(21)11-6-4-7-12(10-11)22-2/h4-10H,3H2,1-2H3,(H,18,21)(H,19,20). The Bertz CT molecular complexity index is 809. The number of carbonyl (C=O) groups is 1. The van der Waals surface area contributed by atoms with Crippen LogP contribution in [-0.4, -0.2) is 23.2 Å². The molecule has 0 fully saturated rings. The minimum absolute atomic E-state index is 0.183. The highest BCUT2D eigenvalue weighted by Gasteiger charge is 2.18. The van der Waals surface area contributed by atoms with Crippen LogP contribution in [0.4, 0.5) is 5.69 Å². The maximum atomic E-state index is 12.6. The smallest absolute Gasteiger partial charge is 0.255 e. The predicted molar refractivity (Wildman–Crippen MR) is 92.2 cm³/mol. The molecule has 0 unspecified atom stereocenters. The normalized spacial score (nSPS) is 10.5. The van der Waals surface area contributed by atoms with Crippen molar-refractivity contribution in [3.8, 4) is 16.3 Å². The van der Waals surface area contributed by atoms with Crippen molar-refractivity contribution in [2.24, 2.45) is 0 Å². The molecule has 0 bridgehead atoms. The quantitative estimate of drug-likeness (QED) is 0.745. The van der Waals surface area contributed by atoms with Crippen molar-refractivity contribution in [2.75, 3.05) is 12.4 Å². The highest BCUT2D eigenvalue weighted by Crippen LogP contribution is 2.32. The van der Waals surface area contributed by atoms with Gasteiger partial charge in [-0.1, -0.05) is 19.1 Å². The zero-order chi connectivity index (χ0) is 16.2. The maximum absolute atomic E-state index is 12.6. The number of benzene rings is 1. The first-order chi connectivity index (χ1) is 11.2. The number of nitrogens with zero attached hydrogens (tertiary/aromatic N) is 1. The van der Waals surface area contributed by atoms with E-state index >= 15 is 0 Å². The molecule has 23 heavy (non-hydrogen) atoms. The number of anilines is 1. The molecular weight excluding hydrogens is 310 g/mol. The highest BCUT2D eigenvalue weighted by atomic mass is 32.1. The van der Waals surface area contributed by atoms with Gasteiger partial charge in [-0.3, -0.25) is 9.89 Å². The van der Waals surface area contributed by atoms with Gasteiger partial charge in [-0.05, 0) is 36.1 Å². The molecule has 0 saturated carbocycles. The topological polar surface area (TPSA) is 67.0 Å². The lowest BCUT2D eigenvalue weighted by Crippen LogP contribution is -2.13. The lowest BCUT2D eigenvalue weighted by molar-refractivity contribution is 0.102. The van der Waals surface area contributed by atoms with E-state index in [0.29, 0.717) is 11.3 Å². The molecule has 3 rings (SSSR count). The van der Waals surface area contributed by atoms with Gasteiger partial charge in [-0.15, -0.1) is 11.3 Å². The molecule has 0 aliphatic carbocycles. The third-order valence-corrected chi connectivity index (χ3v) is 4.40. The van der Waals surface area contributed by atoms with Gasteiger partial charge in [0.25, 0.3) is 5.91 Å². The Hall–Kier alpha value is -2.60. The third kappa shape index (κ3) is 3.12. The Morgan fingerprint density at radius 2 is 2.22 bits per heavy atom. The number of H-pyrrole nitrogens is 1. The van der Waals surface area contributed by atoms with Crippen molar-refractivity contribution in [1.82, 2.24) is 10.2 Å². The molecule has 1 aromatic carbocycles. The molecular formula is C17H17N3O2S. The highest BCUT2D eigenvalue weighted by molar-refractivity contribution is 7.13. The van der Waals surface area contributed by atoms with Crippen molar-refractivity contribution in [3.63, 3.8) is 0 Å². The summed E-state index contributed by atoms with van der Waals surface area (Å²) in [6, 6.07) is 11.0. The fourth-order valence-electron chi connectivity index (χ4n) is 2.31. The van der Waals surface area contributed by atoms with Crippen LogP contribution in [-0.2, 0) is 6.42 Å². The average molecular weight is 327 g/mol. The number of aromatic amines is 1. The zero-order valence-electron chi connectivity index (χ0n) is 12.9. The number of hydrogen-bond donors (Lipinski definition) is 2. The minimum atomic E-state index is -0.183. The molecule has 6 heteroatoms. The average Bonchev–Trinajstić information content (AvgIpc) is 3.24. The SMILES string of the molecule is CCc1[nH]nc(-c2cccs2)c1NC(=O)c1cccc(OC)c1. The Morgan fingerprint density at radius 3 is 2.91 bits per heavy atom. The molecule has 0 spiro atoms. The van der Waals surface area contributed by atoms with Gasteiger partial charge in [0.15, 0.2) is 0 Å². The summed E-state index contributed by atoms with van der Waals surface area (Å²) in [4.78, 5) is 13.6. The summed E-state index contributed by atoms with van der Waals surface area (Å²) in [7, 11) is 1.58. The van der Waals surface area contributed by atoms with E-state index in [-0.39, 0.29) is 5.91 Å². The molecule has 0 radical (unpaired) electrons. The molecule has 3 aromatic rings. The van der Waals surface area contributed by atoms with Gasteiger partial charge < -0.3 is 10.1 Å². The molecule has 2 aromatic heterocycles. The lowest BCUT2D eigenvalue weighted by atomic mass is 10.1. The molecule has 0 aliphatic rings. The van der Waals surface area contributed by atoms with Gasteiger partial charge in [-0.25, -0.2) is 0 Å². The minimum Gasteiger partial charge on any atom is -0.497 e. The third-order valence-electron chi connectivity index (χ3n) is 3.52. The second-order valence-electron chi connectivity index (χ2n) is 4.94. The van der Waals surface area contributed by atoms with Crippen LogP contribution in [0.1, 0.15) is 23.0 Å². The van der Waals surface area contributed by atoms with E-state index in [1.165, 1.54) is 0 Å². The van der Waals surface area contributed by atoms with Crippen LogP contribution in [0.2, 0.25) is 0 Å². The number of nitrogens with one attached hydrogen (secondary N) is 2. The summed E-state index contributed by atoms with van der Waals surface area (Å²) in [5.41, 5.74) is 2.96. The fraction of sp³-hybridized carbons (Fsp3) is 0.176. The number of aromatic nitrogens is 2. The molecule has 5 nitrogen and oxygen atoms in total. The number of aryl methyl sites for hydroxylation is 1. The summed E-state index contributed by atoms with van der Waals surface area (Å²) in [6.07, 6.45) is 0.756. The van der Waals surface area contributed by atoms with E-state index in [9.17, 15) is 4.79 Å². The van der Waals surface area contributed by atoms with Crippen LogP contribution in [0.3, 0.4) is 0 Å². The molecule has 0 aliphatic heterocycles. The van der Waals surface area contributed by atoms with Crippen LogP contribution in [0.25, 0.3) is 10.6 Å². The van der Waals surface area contributed by atoms with Gasteiger partial charge >= 0.3 is 0 Å². The Kier molecular flexibility index (Phi) is 4.43. The van der Waals surface area contributed by atoms with E-state index in [0.717, 1.165) is 28.4 Å². The predicted octanol–water partition coefficient (Wildman–Crippen LogP) is 3.96. The number of thiophene rings is 1. The van der Waals surface area contributed by atoms with Crippen LogP contribution >= 0.6 is 11.3 Å². The summed E-state index contributed by atoms with van der Waals surface area (Å²) >= 11 is 1.59. The van der Waals surface area contributed by atoms with Crippen molar-refractivity contribution >= 4 is 22.9 Å².